The van der Waals surface area contributed by atoms with E-state index in [1.54, 1.807) is 12.4 Å². The van der Waals surface area contributed by atoms with Gasteiger partial charge in [-0.25, -0.2) is 4.52 Å². The molecule has 3 rings (SSSR count). The number of aromatic nitrogens is 4. The van der Waals surface area contributed by atoms with Gasteiger partial charge in [-0.3, -0.25) is 9.97 Å². The number of halogens is 1. The highest BCUT2D eigenvalue weighted by Gasteiger charge is 2.16. The summed E-state index contributed by atoms with van der Waals surface area (Å²) in [7, 11) is 0. The zero-order valence-electron chi connectivity index (χ0n) is 11.7. The van der Waals surface area contributed by atoms with Crippen LogP contribution in [-0.2, 0) is 6.42 Å². The summed E-state index contributed by atoms with van der Waals surface area (Å²) >= 11 is 3.47. The Balaban J connectivity index is 1.94. The van der Waals surface area contributed by atoms with Crippen LogP contribution in [0.4, 0.5) is 0 Å². The van der Waals surface area contributed by atoms with E-state index in [2.05, 4.69) is 49.3 Å². The minimum absolute atomic E-state index is 0.188. The van der Waals surface area contributed by atoms with Crippen LogP contribution < -0.4 is 5.32 Å². The van der Waals surface area contributed by atoms with Gasteiger partial charge in [-0.1, -0.05) is 6.92 Å². The van der Waals surface area contributed by atoms with E-state index < -0.39 is 0 Å². The first kappa shape index (κ1) is 14.2. The van der Waals surface area contributed by atoms with Gasteiger partial charge in [0.15, 0.2) is 0 Å². The predicted octanol–water partition coefficient (Wildman–Crippen LogP) is 2.78. The molecule has 0 saturated heterocycles. The van der Waals surface area contributed by atoms with Crippen molar-refractivity contribution in [3.05, 3.63) is 58.8 Å². The first-order valence-corrected chi connectivity index (χ1v) is 7.67. The number of rotatable bonds is 5. The standard InChI is InChI=1S/C15H16BrN5/c1-2-19-14(6-11-5-12(16)8-18-7-11)13-9-20-21-4-3-17-10-15(13)21/h3-5,7-10,14,19H,2,6H2,1H3. The van der Waals surface area contributed by atoms with Crippen molar-refractivity contribution < 1.29 is 0 Å². The van der Waals surface area contributed by atoms with Crippen molar-refractivity contribution in [1.82, 2.24) is 24.9 Å². The molecule has 0 aromatic carbocycles. The quantitative estimate of drug-likeness (QED) is 0.772. The highest BCUT2D eigenvalue weighted by molar-refractivity contribution is 9.10. The molecule has 21 heavy (non-hydrogen) atoms. The maximum Gasteiger partial charge on any atom is 0.0892 e. The van der Waals surface area contributed by atoms with E-state index in [9.17, 15) is 0 Å². The fourth-order valence-electron chi connectivity index (χ4n) is 2.46. The van der Waals surface area contributed by atoms with Crippen molar-refractivity contribution in [2.45, 2.75) is 19.4 Å². The fraction of sp³-hybridized carbons (Fsp3) is 0.267. The number of pyridine rings is 1. The molecule has 3 heterocycles. The average molecular weight is 346 g/mol. The van der Waals surface area contributed by atoms with Gasteiger partial charge in [0.05, 0.1) is 17.9 Å². The van der Waals surface area contributed by atoms with Gasteiger partial charge < -0.3 is 5.32 Å². The van der Waals surface area contributed by atoms with Gasteiger partial charge >= 0.3 is 0 Å². The van der Waals surface area contributed by atoms with Gasteiger partial charge in [0.2, 0.25) is 0 Å². The number of likely N-dealkylation sites (N-methyl/N-ethyl adjacent to an activating group) is 1. The van der Waals surface area contributed by atoms with E-state index in [0.29, 0.717) is 0 Å². The Kier molecular flexibility index (Phi) is 4.26. The molecule has 6 heteroatoms. The van der Waals surface area contributed by atoms with Crippen LogP contribution >= 0.6 is 15.9 Å². The second-order valence-electron chi connectivity index (χ2n) is 4.83. The molecular weight excluding hydrogens is 330 g/mol. The summed E-state index contributed by atoms with van der Waals surface area (Å²) in [5.74, 6) is 0. The maximum atomic E-state index is 4.39. The molecule has 0 radical (unpaired) electrons. The van der Waals surface area contributed by atoms with Crippen LogP contribution in [0.1, 0.15) is 24.1 Å². The normalized spacial score (nSPS) is 12.7. The van der Waals surface area contributed by atoms with E-state index in [0.717, 1.165) is 28.5 Å². The molecule has 0 saturated carbocycles. The molecule has 3 aromatic heterocycles. The summed E-state index contributed by atoms with van der Waals surface area (Å²) in [6, 6.07) is 2.29. The van der Waals surface area contributed by atoms with Crippen LogP contribution in [0, 0.1) is 0 Å². The van der Waals surface area contributed by atoms with Gasteiger partial charge in [0, 0.05) is 40.9 Å². The molecule has 1 atom stereocenters. The second-order valence-corrected chi connectivity index (χ2v) is 5.75. The van der Waals surface area contributed by atoms with Crippen molar-refractivity contribution in [2.75, 3.05) is 6.54 Å². The summed E-state index contributed by atoms with van der Waals surface area (Å²) in [5.41, 5.74) is 3.37. The Hall–Kier alpha value is -1.79. The number of fused-ring (bicyclic) bond motifs is 1. The van der Waals surface area contributed by atoms with E-state index in [1.807, 2.05) is 29.3 Å². The van der Waals surface area contributed by atoms with E-state index in [1.165, 1.54) is 5.56 Å². The van der Waals surface area contributed by atoms with Crippen LogP contribution in [-0.4, -0.2) is 26.1 Å². The van der Waals surface area contributed by atoms with E-state index in [-0.39, 0.29) is 6.04 Å². The third-order valence-electron chi connectivity index (χ3n) is 3.38. The molecule has 0 aliphatic carbocycles. The molecule has 0 aliphatic rings. The molecule has 108 valence electrons. The molecule has 0 spiro atoms. The fourth-order valence-corrected chi connectivity index (χ4v) is 2.88. The minimum Gasteiger partial charge on any atom is -0.310 e. The topological polar surface area (TPSA) is 55.1 Å². The van der Waals surface area contributed by atoms with E-state index >= 15 is 0 Å². The Morgan fingerprint density at radius 3 is 2.95 bits per heavy atom. The monoisotopic (exact) mass is 345 g/mol. The van der Waals surface area contributed by atoms with Gasteiger partial charge in [0.25, 0.3) is 0 Å². The lowest BCUT2D eigenvalue weighted by Gasteiger charge is -2.17. The third-order valence-corrected chi connectivity index (χ3v) is 3.82. The summed E-state index contributed by atoms with van der Waals surface area (Å²) in [6.45, 7) is 3.00. The molecule has 1 N–H and O–H groups in total. The first-order valence-electron chi connectivity index (χ1n) is 6.88. The number of nitrogens with one attached hydrogen (secondary N) is 1. The van der Waals surface area contributed by atoms with Crippen LogP contribution in [0.5, 0.6) is 0 Å². The summed E-state index contributed by atoms with van der Waals surface area (Å²) in [5, 5.41) is 7.91. The van der Waals surface area contributed by atoms with Crippen molar-refractivity contribution in [3.63, 3.8) is 0 Å². The number of hydrogen-bond donors (Lipinski definition) is 1. The van der Waals surface area contributed by atoms with Crippen LogP contribution in [0.15, 0.2) is 47.7 Å². The average Bonchev–Trinajstić information content (AvgIpc) is 2.91. The largest absolute Gasteiger partial charge is 0.310 e. The van der Waals surface area contributed by atoms with Crippen molar-refractivity contribution in [1.29, 1.82) is 0 Å². The molecule has 0 amide bonds. The molecule has 1 unspecified atom stereocenters. The molecule has 3 aromatic rings. The predicted molar refractivity (Wildman–Crippen MR) is 85.0 cm³/mol. The summed E-state index contributed by atoms with van der Waals surface area (Å²) < 4.78 is 2.85. The SMILES string of the molecule is CCNC(Cc1cncc(Br)c1)c1cnn2ccncc12. The summed E-state index contributed by atoms with van der Waals surface area (Å²) in [4.78, 5) is 8.43. The van der Waals surface area contributed by atoms with Gasteiger partial charge in [-0.05, 0) is 40.5 Å². The number of nitrogens with zero attached hydrogens (tertiary/aromatic N) is 4. The number of hydrogen-bond acceptors (Lipinski definition) is 4. The second kappa shape index (κ2) is 6.32. The lowest BCUT2D eigenvalue weighted by Crippen LogP contribution is -2.23. The lowest BCUT2D eigenvalue weighted by atomic mass is 10.0. The van der Waals surface area contributed by atoms with Gasteiger partial charge in [-0.2, -0.15) is 5.10 Å². The van der Waals surface area contributed by atoms with Crippen molar-refractivity contribution >= 4 is 21.4 Å². The van der Waals surface area contributed by atoms with Crippen LogP contribution in [0.25, 0.3) is 5.52 Å². The molecule has 0 aliphatic heterocycles. The van der Waals surface area contributed by atoms with Crippen molar-refractivity contribution in [2.24, 2.45) is 0 Å². The molecule has 0 bridgehead atoms. The summed E-state index contributed by atoms with van der Waals surface area (Å²) in [6.07, 6.45) is 11.9. The Bertz CT molecular complexity index is 740. The lowest BCUT2D eigenvalue weighted by molar-refractivity contribution is 0.552. The molecular formula is C15H16BrN5. The van der Waals surface area contributed by atoms with Gasteiger partial charge in [0.1, 0.15) is 0 Å². The Morgan fingerprint density at radius 2 is 2.14 bits per heavy atom. The van der Waals surface area contributed by atoms with Crippen molar-refractivity contribution in [3.8, 4) is 0 Å². The zero-order valence-corrected chi connectivity index (χ0v) is 13.3. The van der Waals surface area contributed by atoms with Crippen LogP contribution in [0.2, 0.25) is 0 Å². The first-order chi connectivity index (χ1) is 10.3. The Morgan fingerprint density at radius 1 is 1.24 bits per heavy atom. The van der Waals surface area contributed by atoms with E-state index in [4.69, 9.17) is 0 Å². The highest BCUT2D eigenvalue weighted by atomic mass is 79.9. The Labute approximate surface area is 131 Å². The molecule has 5 nitrogen and oxygen atoms in total. The smallest absolute Gasteiger partial charge is 0.0892 e. The zero-order chi connectivity index (χ0) is 14.7. The van der Waals surface area contributed by atoms with Gasteiger partial charge in [-0.15, -0.1) is 0 Å². The maximum absolute atomic E-state index is 4.39. The third kappa shape index (κ3) is 3.11. The minimum atomic E-state index is 0.188. The molecule has 0 fully saturated rings. The van der Waals surface area contributed by atoms with Crippen LogP contribution in [0.3, 0.4) is 0 Å². The highest BCUT2D eigenvalue weighted by Crippen LogP contribution is 2.23.